The molecular formula is C28H27N3O5. The molecule has 0 saturated heterocycles. The van der Waals surface area contributed by atoms with Crippen molar-refractivity contribution in [2.24, 2.45) is 0 Å². The number of aliphatic hydroxyl groups is 1. The Kier molecular flexibility index (Phi) is 6.12. The summed E-state index contributed by atoms with van der Waals surface area (Å²) in [7, 11) is 1.94. The summed E-state index contributed by atoms with van der Waals surface area (Å²) >= 11 is 0. The number of amides is 1. The largest absolute Gasteiger partial charge is 0.507 e. The van der Waals surface area contributed by atoms with Crippen LogP contribution in [0.15, 0.2) is 83.9 Å². The van der Waals surface area contributed by atoms with Gasteiger partial charge in [-0.05, 0) is 60.7 Å². The van der Waals surface area contributed by atoms with Crippen molar-refractivity contribution in [1.29, 1.82) is 0 Å². The quantitative estimate of drug-likeness (QED) is 0.541. The maximum absolute atomic E-state index is 12.9. The SMILES string of the molecule is CCN(CCO)C(=O)c1ccc(C2=C3C(/C=C4\Oc5cccc(O)c5C4=O)=CN(C)C3NC=C2)cc1. The molecule has 0 fully saturated rings. The molecule has 3 aliphatic heterocycles. The fourth-order valence-corrected chi connectivity index (χ4v) is 4.76. The lowest BCUT2D eigenvalue weighted by atomic mass is 9.91. The lowest BCUT2D eigenvalue weighted by Gasteiger charge is -2.27. The zero-order chi connectivity index (χ0) is 25.4. The van der Waals surface area contributed by atoms with E-state index in [1.54, 1.807) is 35.2 Å². The second-order valence-electron chi connectivity index (χ2n) is 8.76. The van der Waals surface area contributed by atoms with Gasteiger partial charge in [-0.1, -0.05) is 18.2 Å². The van der Waals surface area contributed by atoms with Crippen molar-refractivity contribution in [3.63, 3.8) is 0 Å². The molecule has 0 spiro atoms. The summed E-state index contributed by atoms with van der Waals surface area (Å²) in [5.41, 5.74) is 4.39. The van der Waals surface area contributed by atoms with Gasteiger partial charge in [-0.25, -0.2) is 0 Å². The van der Waals surface area contributed by atoms with Crippen LogP contribution in [-0.2, 0) is 0 Å². The van der Waals surface area contributed by atoms with Crippen LogP contribution in [-0.4, -0.2) is 64.6 Å². The zero-order valence-electron chi connectivity index (χ0n) is 20.1. The van der Waals surface area contributed by atoms with Gasteiger partial charge in [0.25, 0.3) is 5.91 Å². The Morgan fingerprint density at radius 2 is 2.00 bits per heavy atom. The van der Waals surface area contributed by atoms with E-state index in [2.05, 4.69) is 5.32 Å². The number of likely N-dealkylation sites (N-methyl/N-ethyl adjacent to an activating group) is 2. The first-order chi connectivity index (χ1) is 17.4. The Hall–Kier alpha value is -4.30. The molecule has 1 amide bonds. The van der Waals surface area contributed by atoms with Gasteiger partial charge in [-0.2, -0.15) is 0 Å². The minimum absolute atomic E-state index is 0.0812. The number of phenolic OH excluding ortho intramolecular Hbond substituents is 1. The van der Waals surface area contributed by atoms with Crippen LogP contribution in [0.2, 0.25) is 0 Å². The Bertz CT molecular complexity index is 1350. The van der Waals surface area contributed by atoms with Gasteiger partial charge in [0.05, 0.1) is 6.61 Å². The van der Waals surface area contributed by atoms with Crippen LogP contribution in [0.3, 0.4) is 0 Å². The zero-order valence-corrected chi connectivity index (χ0v) is 20.1. The fraction of sp³-hybridized carbons (Fsp3) is 0.214. The Balaban J connectivity index is 1.49. The predicted octanol–water partition coefficient (Wildman–Crippen LogP) is 3.03. The number of nitrogens with one attached hydrogen (secondary N) is 1. The van der Waals surface area contributed by atoms with E-state index in [0.29, 0.717) is 24.4 Å². The number of allylic oxidation sites excluding steroid dienone is 4. The lowest BCUT2D eigenvalue weighted by Crippen LogP contribution is -2.38. The van der Waals surface area contributed by atoms with Crippen LogP contribution in [0.25, 0.3) is 5.57 Å². The minimum atomic E-state index is -0.359. The molecule has 184 valence electrons. The number of Topliss-reactive ketones (excluding diaryl/α,β-unsaturated/α-hetero) is 1. The summed E-state index contributed by atoms with van der Waals surface area (Å²) < 4.78 is 5.78. The first-order valence-electron chi connectivity index (χ1n) is 11.8. The lowest BCUT2D eigenvalue weighted by molar-refractivity contribution is 0.0732. The van der Waals surface area contributed by atoms with E-state index in [-0.39, 0.29) is 41.5 Å². The van der Waals surface area contributed by atoms with E-state index in [4.69, 9.17) is 4.74 Å². The number of phenols is 1. The van der Waals surface area contributed by atoms with Crippen molar-refractivity contribution in [2.45, 2.75) is 13.1 Å². The molecule has 36 heavy (non-hydrogen) atoms. The van der Waals surface area contributed by atoms with E-state index < -0.39 is 0 Å². The van der Waals surface area contributed by atoms with Gasteiger partial charge in [0, 0.05) is 43.0 Å². The molecule has 2 aromatic rings. The summed E-state index contributed by atoms with van der Waals surface area (Å²) in [6.07, 6.45) is 7.37. The number of aromatic hydroxyl groups is 1. The van der Waals surface area contributed by atoms with E-state index in [0.717, 1.165) is 22.3 Å². The third-order valence-electron chi connectivity index (χ3n) is 6.57. The third kappa shape index (κ3) is 3.95. The smallest absolute Gasteiger partial charge is 0.253 e. The van der Waals surface area contributed by atoms with Crippen LogP contribution in [0.1, 0.15) is 33.2 Å². The average molecular weight is 486 g/mol. The van der Waals surface area contributed by atoms with Crippen molar-refractivity contribution in [2.75, 3.05) is 26.7 Å². The highest BCUT2D eigenvalue weighted by molar-refractivity contribution is 6.14. The molecule has 1 atom stereocenters. The summed E-state index contributed by atoms with van der Waals surface area (Å²) in [6, 6.07) is 12.2. The highest BCUT2D eigenvalue weighted by atomic mass is 16.5. The predicted molar refractivity (Wildman–Crippen MR) is 135 cm³/mol. The molecule has 3 aliphatic rings. The molecule has 0 radical (unpaired) electrons. The summed E-state index contributed by atoms with van der Waals surface area (Å²) in [5, 5.41) is 22.7. The number of benzene rings is 2. The molecule has 0 aliphatic carbocycles. The van der Waals surface area contributed by atoms with E-state index in [9.17, 15) is 19.8 Å². The second-order valence-corrected chi connectivity index (χ2v) is 8.76. The molecule has 0 saturated carbocycles. The van der Waals surface area contributed by atoms with Gasteiger partial charge >= 0.3 is 0 Å². The second kappa shape index (κ2) is 9.39. The molecule has 3 N–H and O–H groups in total. The fourth-order valence-electron chi connectivity index (χ4n) is 4.76. The third-order valence-corrected chi connectivity index (χ3v) is 6.57. The van der Waals surface area contributed by atoms with Crippen molar-refractivity contribution >= 4 is 17.3 Å². The Morgan fingerprint density at radius 3 is 2.69 bits per heavy atom. The first kappa shape index (κ1) is 23.4. The summed E-state index contributed by atoms with van der Waals surface area (Å²) in [5.74, 6) is -0.0949. The molecule has 2 aromatic carbocycles. The van der Waals surface area contributed by atoms with Gasteiger partial charge in [0.1, 0.15) is 23.2 Å². The van der Waals surface area contributed by atoms with E-state index in [1.807, 2.05) is 49.5 Å². The number of carbonyl (C=O) groups excluding carboxylic acids is 2. The minimum Gasteiger partial charge on any atom is -0.507 e. The molecule has 8 heteroatoms. The van der Waals surface area contributed by atoms with Crippen molar-refractivity contribution < 1.29 is 24.5 Å². The molecule has 5 rings (SSSR count). The molecular weight excluding hydrogens is 458 g/mol. The first-order valence-corrected chi connectivity index (χ1v) is 11.8. The van der Waals surface area contributed by atoms with Crippen molar-refractivity contribution in [3.8, 4) is 11.5 Å². The molecule has 0 aromatic heterocycles. The molecule has 1 unspecified atom stereocenters. The highest BCUT2D eigenvalue weighted by Crippen LogP contribution is 2.40. The number of hydrogen-bond acceptors (Lipinski definition) is 7. The number of ether oxygens (including phenoxy) is 1. The summed E-state index contributed by atoms with van der Waals surface area (Å²) in [4.78, 5) is 29.3. The monoisotopic (exact) mass is 485 g/mol. The standard InChI is InChI=1S/C28H27N3O5/c1-3-31(13-14-32)28(35)18-9-7-17(8-10-18)20-11-12-29-27-24(20)19(16-30(27)2)15-23-26(34)25-21(33)5-4-6-22(25)36-23/h4-12,15-16,27,29,32-33H,3,13-14H2,1-2H3/b23-15-. The number of rotatable bonds is 6. The summed E-state index contributed by atoms with van der Waals surface area (Å²) in [6.45, 7) is 2.61. The van der Waals surface area contributed by atoms with Gasteiger partial charge in [0.2, 0.25) is 5.78 Å². The maximum atomic E-state index is 12.9. The Labute approximate surface area is 209 Å². The van der Waals surface area contributed by atoms with Gasteiger partial charge in [0.15, 0.2) is 5.76 Å². The maximum Gasteiger partial charge on any atom is 0.253 e. The van der Waals surface area contributed by atoms with Crippen LogP contribution in [0.4, 0.5) is 0 Å². The van der Waals surface area contributed by atoms with Crippen LogP contribution < -0.4 is 10.1 Å². The van der Waals surface area contributed by atoms with E-state index >= 15 is 0 Å². The van der Waals surface area contributed by atoms with Crippen LogP contribution in [0, 0.1) is 0 Å². The number of nitrogens with zero attached hydrogens (tertiary/aromatic N) is 2. The van der Waals surface area contributed by atoms with Crippen LogP contribution >= 0.6 is 0 Å². The number of dihydropyridines is 1. The number of aliphatic hydroxyl groups excluding tert-OH is 1. The van der Waals surface area contributed by atoms with Gasteiger partial charge in [-0.3, -0.25) is 9.59 Å². The van der Waals surface area contributed by atoms with Crippen molar-refractivity contribution in [3.05, 3.63) is 101 Å². The van der Waals surface area contributed by atoms with E-state index in [1.165, 1.54) is 6.07 Å². The number of hydrogen-bond donors (Lipinski definition) is 3. The van der Waals surface area contributed by atoms with Gasteiger partial charge in [-0.15, -0.1) is 0 Å². The molecule has 8 nitrogen and oxygen atoms in total. The average Bonchev–Trinajstić information content (AvgIpc) is 3.39. The topological polar surface area (TPSA) is 102 Å². The van der Waals surface area contributed by atoms with Crippen LogP contribution in [0.5, 0.6) is 11.5 Å². The Morgan fingerprint density at radius 1 is 1.22 bits per heavy atom. The van der Waals surface area contributed by atoms with Gasteiger partial charge < -0.3 is 30.1 Å². The normalized spacial score (nSPS) is 19.1. The number of carbonyl (C=O) groups is 2. The highest BCUT2D eigenvalue weighted by Gasteiger charge is 2.35. The molecule has 3 heterocycles. The molecule has 0 bridgehead atoms. The van der Waals surface area contributed by atoms with Crippen molar-refractivity contribution in [1.82, 2.24) is 15.1 Å². The number of ketones is 1. The number of fused-ring (bicyclic) bond motifs is 2.